The number of rotatable bonds is 9. The van der Waals surface area contributed by atoms with Crippen LogP contribution in [0.1, 0.15) is 38.0 Å². The Labute approximate surface area is 154 Å². The molecule has 0 radical (unpaired) electrons. The second-order valence-corrected chi connectivity index (χ2v) is 6.20. The first kappa shape index (κ1) is 19.6. The fourth-order valence-electron chi connectivity index (χ4n) is 2.60. The van der Waals surface area contributed by atoms with Crippen LogP contribution in [0.15, 0.2) is 42.5 Å². The molecule has 0 saturated heterocycles. The number of ether oxygens (including phenoxy) is 2. The molecule has 0 aliphatic rings. The molecule has 2 aromatic rings. The Kier molecular flexibility index (Phi) is 7.56. The standard InChI is InChI=1S/C20H26ClNO3/c1-4-24-18-12-15(11-17(21)20(18)25-5-2)13-22-14(3)19(23)16-9-7-6-8-10-16/h6-12,14,19,22-23H,4-5,13H2,1-3H3/t14-,19-/m0/s1. The van der Waals surface area contributed by atoms with Crippen LogP contribution in [0, 0.1) is 0 Å². The molecule has 136 valence electrons. The molecule has 0 unspecified atom stereocenters. The summed E-state index contributed by atoms with van der Waals surface area (Å²) < 4.78 is 11.2. The summed E-state index contributed by atoms with van der Waals surface area (Å²) in [6, 6.07) is 13.3. The van der Waals surface area contributed by atoms with Crippen LogP contribution in [-0.4, -0.2) is 24.4 Å². The van der Waals surface area contributed by atoms with E-state index >= 15 is 0 Å². The molecule has 0 saturated carbocycles. The van der Waals surface area contributed by atoms with Gasteiger partial charge < -0.3 is 19.9 Å². The Morgan fingerprint density at radius 3 is 2.40 bits per heavy atom. The van der Waals surface area contributed by atoms with E-state index in [2.05, 4.69) is 5.32 Å². The van der Waals surface area contributed by atoms with Crippen LogP contribution in [0.25, 0.3) is 0 Å². The lowest BCUT2D eigenvalue weighted by molar-refractivity contribution is 0.135. The van der Waals surface area contributed by atoms with Crippen molar-refractivity contribution in [2.45, 2.75) is 39.5 Å². The summed E-state index contributed by atoms with van der Waals surface area (Å²) in [7, 11) is 0. The van der Waals surface area contributed by atoms with Crippen LogP contribution in [-0.2, 0) is 6.54 Å². The maximum Gasteiger partial charge on any atom is 0.179 e. The van der Waals surface area contributed by atoms with Crippen LogP contribution in [0.4, 0.5) is 0 Å². The second-order valence-electron chi connectivity index (χ2n) is 5.80. The zero-order valence-electron chi connectivity index (χ0n) is 15.0. The molecular formula is C20H26ClNO3. The van der Waals surface area contributed by atoms with Crippen molar-refractivity contribution in [2.24, 2.45) is 0 Å². The Bertz CT molecular complexity index is 663. The van der Waals surface area contributed by atoms with Gasteiger partial charge in [0.1, 0.15) is 0 Å². The highest BCUT2D eigenvalue weighted by molar-refractivity contribution is 6.32. The second kappa shape index (κ2) is 9.66. The molecule has 0 aliphatic carbocycles. The molecule has 0 heterocycles. The van der Waals surface area contributed by atoms with E-state index in [1.807, 2.05) is 63.2 Å². The molecule has 0 fully saturated rings. The summed E-state index contributed by atoms with van der Waals surface area (Å²) in [4.78, 5) is 0. The van der Waals surface area contributed by atoms with Gasteiger partial charge in [-0.25, -0.2) is 0 Å². The Morgan fingerprint density at radius 1 is 1.08 bits per heavy atom. The van der Waals surface area contributed by atoms with Crippen LogP contribution in [0.2, 0.25) is 5.02 Å². The lowest BCUT2D eigenvalue weighted by atomic mass is 10.0. The molecule has 0 amide bonds. The van der Waals surface area contributed by atoms with E-state index in [9.17, 15) is 5.11 Å². The van der Waals surface area contributed by atoms with E-state index in [4.69, 9.17) is 21.1 Å². The van der Waals surface area contributed by atoms with Gasteiger partial charge >= 0.3 is 0 Å². The highest BCUT2D eigenvalue weighted by Gasteiger charge is 2.17. The summed E-state index contributed by atoms with van der Waals surface area (Å²) in [6.07, 6.45) is -0.578. The molecule has 0 spiro atoms. The number of hydrogen-bond donors (Lipinski definition) is 2. The first-order valence-corrected chi connectivity index (χ1v) is 8.99. The summed E-state index contributed by atoms with van der Waals surface area (Å²) in [5, 5.41) is 14.3. The van der Waals surface area contributed by atoms with E-state index in [0.29, 0.717) is 36.3 Å². The average molecular weight is 364 g/mol. The molecule has 2 aromatic carbocycles. The van der Waals surface area contributed by atoms with Crippen molar-refractivity contribution in [3.05, 3.63) is 58.6 Å². The third-order valence-electron chi connectivity index (χ3n) is 3.90. The van der Waals surface area contributed by atoms with Gasteiger partial charge in [-0.2, -0.15) is 0 Å². The number of aliphatic hydroxyl groups is 1. The van der Waals surface area contributed by atoms with Crippen molar-refractivity contribution >= 4 is 11.6 Å². The minimum absolute atomic E-state index is 0.108. The number of aliphatic hydroxyl groups excluding tert-OH is 1. The molecule has 2 rings (SSSR count). The number of nitrogens with one attached hydrogen (secondary N) is 1. The molecule has 5 heteroatoms. The lowest BCUT2D eigenvalue weighted by Gasteiger charge is -2.21. The Morgan fingerprint density at radius 2 is 1.76 bits per heavy atom. The molecule has 4 nitrogen and oxygen atoms in total. The minimum atomic E-state index is -0.578. The molecule has 0 aromatic heterocycles. The molecule has 25 heavy (non-hydrogen) atoms. The van der Waals surface area contributed by atoms with Gasteiger partial charge in [-0.15, -0.1) is 0 Å². The third kappa shape index (κ3) is 5.36. The number of hydrogen-bond acceptors (Lipinski definition) is 4. The summed E-state index contributed by atoms with van der Waals surface area (Å²) in [6.45, 7) is 7.42. The third-order valence-corrected chi connectivity index (χ3v) is 4.18. The maximum absolute atomic E-state index is 10.4. The van der Waals surface area contributed by atoms with Crippen molar-refractivity contribution in [3.8, 4) is 11.5 Å². The normalized spacial score (nSPS) is 13.3. The maximum atomic E-state index is 10.4. The van der Waals surface area contributed by atoms with Gasteiger partial charge in [0.25, 0.3) is 0 Å². The first-order valence-electron chi connectivity index (χ1n) is 8.61. The summed E-state index contributed by atoms with van der Waals surface area (Å²) >= 11 is 6.34. The average Bonchev–Trinajstić information content (AvgIpc) is 2.63. The molecule has 0 aliphatic heterocycles. The van der Waals surface area contributed by atoms with Gasteiger partial charge in [0.15, 0.2) is 11.5 Å². The molecule has 0 bridgehead atoms. The van der Waals surface area contributed by atoms with Gasteiger partial charge in [0.05, 0.1) is 24.3 Å². The van der Waals surface area contributed by atoms with Crippen LogP contribution in [0.5, 0.6) is 11.5 Å². The summed E-state index contributed by atoms with van der Waals surface area (Å²) in [5.74, 6) is 1.22. The molecular weight excluding hydrogens is 338 g/mol. The zero-order valence-corrected chi connectivity index (χ0v) is 15.7. The predicted molar refractivity (Wildman–Crippen MR) is 101 cm³/mol. The first-order chi connectivity index (χ1) is 12.1. The summed E-state index contributed by atoms with van der Waals surface area (Å²) in [5.41, 5.74) is 1.87. The quantitative estimate of drug-likeness (QED) is 0.695. The number of benzene rings is 2. The largest absolute Gasteiger partial charge is 0.490 e. The van der Waals surface area contributed by atoms with Crippen molar-refractivity contribution in [1.82, 2.24) is 5.32 Å². The van der Waals surface area contributed by atoms with E-state index in [0.717, 1.165) is 11.1 Å². The fraction of sp³-hybridized carbons (Fsp3) is 0.400. The van der Waals surface area contributed by atoms with Crippen LogP contribution in [0.3, 0.4) is 0 Å². The minimum Gasteiger partial charge on any atom is -0.490 e. The van der Waals surface area contributed by atoms with E-state index in [-0.39, 0.29) is 6.04 Å². The molecule has 2 atom stereocenters. The van der Waals surface area contributed by atoms with E-state index < -0.39 is 6.10 Å². The van der Waals surface area contributed by atoms with Gasteiger partial charge in [-0.05, 0) is 44.0 Å². The van der Waals surface area contributed by atoms with Crippen LogP contribution < -0.4 is 14.8 Å². The Balaban J connectivity index is 2.07. The highest BCUT2D eigenvalue weighted by atomic mass is 35.5. The van der Waals surface area contributed by atoms with Crippen molar-refractivity contribution < 1.29 is 14.6 Å². The van der Waals surface area contributed by atoms with Gasteiger partial charge in [-0.3, -0.25) is 0 Å². The Hall–Kier alpha value is -1.75. The van der Waals surface area contributed by atoms with Gasteiger partial charge in [0, 0.05) is 12.6 Å². The number of halogens is 1. The topological polar surface area (TPSA) is 50.7 Å². The van der Waals surface area contributed by atoms with E-state index in [1.54, 1.807) is 0 Å². The fourth-order valence-corrected chi connectivity index (χ4v) is 2.89. The SMILES string of the molecule is CCOc1cc(CN[C@@H](C)[C@H](O)c2ccccc2)cc(Cl)c1OCC. The van der Waals surface area contributed by atoms with Crippen LogP contribution >= 0.6 is 11.6 Å². The van der Waals surface area contributed by atoms with Gasteiger partial charge in [-0.1, -0.05) is 41.9 Å². The predicted octanol–water partition coefficient (Wildman–Crippen LogP) is 4.35. The van der Waals surface area contributed by atoms with Crippen molar-refractivity contribution in [3.63, 3.8) is 0 Å². The van der Waals surface area contributed by atoms with E-state index in [1.165, 1.54) is 0 Å². The highest BCUT2D eigenvalue weighted by Crippen LogP contribution is 2.36. The van der Waals surface area contributed by atoms with Crippen molar-refractivity contribution in [1.29, 1.82) is 0 Å². The monoisotopic (exact) mass is 363 g/mol. The van der Waals surface area contributed by atoms with Crippen molar-refractivity contribution in [2.75, 3.05) is 13.2 Å². The zero-order chi connectivity index (χ0) is 18.2. The lowest BCUT2D eigenvalue weighted by Crippen LogP contribution is -2.31. The van der Waals surface area contributed by atoms with Gasteiger partial charge in [0.2, 0.25) is 0 Å². The molecule has 2 N–H and O–H groups in total. The smallest absolute Gasteiger partial charge is 0.179 e.